The van der Waals surface area contributed by atoms with Crippen molar-refractivity contribution in [3.63, 3.8) is 0 Å². The van der Waals surface area contributed by atoms with Crippen LogP contribution in [0.15, 0.2) is 54.6 Å². The van der Waals surface area contributed by atoms with Gasteiger partial charge in [0.15, 0.2) is 0 Å². The summed E-state index contributed by atoms with van der Waals surface area (Å²) in [7, 11) is -3.61. The predicted octanol–water partition coefficient (Wildman–Crippen LogP) is 1.85. The van der Waals surface area contributed by atoms with Crippen LogP contribution in [0, 0.1) is 5.82 Å². The van der Waals surface area contributed by atoms with Gasteiger partial charge in [-0.1, -0.05) is 42.5 Å². The van der Waals surface area contributed by atoms with Crippen LogP contribution in [0.5, 0.6) is 0 Å². The van der Waals surface area contributed by atoms with Crippen LogP contribution in [0.25, 0.3) is 0 Å². The Labute approximate surface area is 129 Å². The average Bonchev–Trinajstić information content (AvgIpc) is 2.49. The molecular formula is C16H18FNO3S. The number of nitrogens with one attached hydrogen (secondary N) is 1. The summed E-state index contributed by atoms with van der Waals surface area (Å²) in [6.45, 7) is -0.294. The molecule has 0 heterocycles. The van der Waals surface area contributed by atoms with Crippen LogP contribution >= 0.6 is 0 Å². The summed E-state index contributed by atoms with van der Waals surface area (Å²) in [5.41, 5.74) is 1.43. The van der Waals surface area contributed by atoms with E-state index in [4.69, 9.17) is 0 Å². The molecule has 0 amide bonds. The lowest BCUT2D eigenvalue weighted by Crippen LogP contribution is -2.39. The van der Waals surface area contributed by atoms with Gasteiger partial charge in [-0.05, 0) is 29.7 Å². The van der Waals surface area contributed by atoms with E-state index < -0.39 is 21.9 Å². The third kappa shape index (κ3) is 5.22. The Morgan fingerprint density at radius 3 is 2.23 bits per heavy atom. The van der Waals surface area contributed by atoms with Gasteiger partial charge >= 0.3 is 0 Å². The highest BCUT2D eigenvalue weighted by atomic mass is 32.2. The molecule has 2 rings (SSSR count). The average molecular weight is 323 g/mol. The Balaban J connectivity index is 2.01. The number of hydrogen-bond donors (Lipinski definition) is 2. The third-order valence-electron chi connectivity index (χ3n) is 3.16. The Bertz CT molecular complexity index is 687. The van der Waals surface area contributed by atoms with Crippen LogP contribution in [0.2, 0.25) is 0 Å². The molecule has 0 aliphatic rings. The summed E-state index contributed by atoms with van der Waals surface area (Å²) in [5.74, 6) is -0.662. The zero-order chi connectivity index (χ0) is 16.0. The zero-order valence-corrected chi connectivity index (χ0v) is 12.8. The fourth-order valence-corrected chi connectivity index (χ4v) is 3.52. The number of benzene rings is 2. The predicted molar refractivity (Wildman–Crippen MR) is 83.2 cm³/mol. The van der Waals surface area contributed by atoms with Gasteiger partial charge in [0.05, 0.1) is 12.4 Å². The number of sulfonamides is 1. The van der Waals surface area contributed by atoms with Gasteiger partial charge in [0.25, 0.3) is 0 Å². The first-order valence-corrected chi connectivity index (χ1v) is 8.53. The van der Waals surface area contributed by atoms with E-state index in [-0.39, 0.29) is 12.4 Å². The van der Waals surface area contributed by atoms with E-state index in [0.29, 0.717) is 12.0 Å². The molecule has 0 aliphatic carbocycles. The van der Waals surface area contributed by atoms with Gasteiger partial charge in [-0.3, -0.25) is 0 Å². The van der Waals surface area contributed by atoms with E-state index >= 15 is 0 Å². The maximum absolute atomic E-state index is 12.8. The summed E-state index contributed by atoms with van der Waals surface area (Å²) in [6, 6.07) is 14.0. The van der Waals surface area contributed by atoms with Crippen molar-refractivity contribution in [2.45, 2.75) is 18.2 Å². The van der Waals surface area contributed by atoms with Gasteiger partial charge in [-0.15, -0.1) is 0 Å². The van der Waals surface area contributed by atoms with Crippen molar-refractivity contribution in [1.82, 2.24) is 4.72 Å². The Morgan fingerprint density at radius 1 is 1.00 bits per heavy atom. The van der Waals surface area contributed by atoms with Crippen molar-refractivity contribution >= 4 is 10.0 Å². The van der Waals surface area contributed by atoms with Crippen LogP contribution in [0.1, 0.15) is 11.1 Å². The van der Waals surface area contributed by atoms with Crippen molar-refractivity contribution in [3.05, 3.63) is 71.5 Å². The number of aliphatic hydroxyl groups excluding tert-OH is 1. The van der Waals surface area contributed by atoms with Crippen molar-refractivity contribution in [1.29, 1.82) is 0 Å². The van der Waals surface area contributed by atoms with Crippen LogP contribution in [0.3, 0.4) is 0 Å². The fourth-order valence-electron chi connectivity index (χ4n) is 2.14. The number of rotatable bonds is 7. The first-order valence-electron chi connectivity index (χ1n) is 6.88. The zero-order valence-electron chi connectivity index (χ0n) is 11.9. The topological polar surface area (TPSA) is 66.4 Å². The monoisotopic (exact) mass is 323 g/mol. The van der Waals surface area contributed by atoms with Crippen LogP contribution in [-0.4, -0.2) is 26.2 Å². The van der Waals surface area contributed by atoms with Gasteiger partial charge < -0.3 is 5.11 Å². The molecule has 1 unspecified atom stereocenters. The van der Waals surface area contributed by atoms with E-state index in [0.717, 1.165) is 5.56 Å². The highest BCUT2D eigenvalue weighted by Gasteiger charge is 2.18. The molecule has 0 aliphatic heterocycles. The second kappa shape index (κ2) is 7.49. The second-order valence-corrected chi connectivity index (χ2v) is 6.83. The van der Waals surface area contributed by atoms with Crippen LogP contribution in [0.4, 0.5) is 4.39 Å². The maximum atomic E-state index is 12.8. The molecule has 1 atom stereocenters. The van der Waals surface area contributed by atoms with E-state index in [1.165, 1.54) is 24.3 Å². The normalized spacial score (nSPS) is 13.0. The molecule has 0 saturated heterocycles. The van der Waals surface area contributed by atoms with E-state index in [1.807, 2.05) is 30.3 Å². The molecular weight excluding hydrogens is 305 g/mol. The van der Waals surface area contributed by atoms with Crippen molar-refractivity contribution in [2.75, 3.05) is 6.61 Å². The lowest BCUT2D eigenvalue weighted by Gasteiger charge is -2.16. The summed E-state index contributed by atoms with van der Waals surface area (Å²) >= 11 is 0. The fraction of sp³-hybridized carbons (Fsp3) is 0.250. The molecule has 22 heavy (non-hydrogen) atoms. The molecule has 118 valence electrons. The molecule has 0 radical (unpaired) electrons. The molecule has 0 fully saturated rings. The number of hydrogen-bond acceptors (Lipinski definition) is 3. The standard InChI is InChI=1S/C16H18FNO3S/c17-15-8-6-14(7-9-15)12-22(20,21)18-16(11-19)10-13-4-2-1-3-5-13/h1-9,16,18-19H,10-12H2. The van der Waals surface area contributed by atoms with Gasteiger partial charge in [0.1, 0.15) is 5.82 Å². The lowest BCUT2D eigenvalue weighted by molar-refractivity contribution is 0.256. The summed E-state index contributed by atoms with van der Waals surface area (Å²) in [4.78, 5) is 0. The Kier molecular flexibility index (Phi) is 5.65. The molecule has 0 spiro atoms. The third-order valence-corrected chi connectivity index (χ3v) is 4.57. The minimum Gasteiger partial charge on any atom is -0.395 e. The van der Waals surface area contributed by atoms with Gasteiger partial charge in [0.2, 0.25) is 10.0 Å². The Morgan fingerprint density at radius 2 is 1.64 bits per heavy atom. The minimum absolute atomic E-state index is 0.251. The van der Waals surface area contributed by atoms with Crippen molar-refractivity contribution in [3.8, 4) is 0 Å². The molecule has 0 aromatic heterocycles. The minimum atomic E-state index is -3.61. The van der Waals surface area contributed by atoms with Crippen molar-refractivity contribution in [2.24, 2.45) is 0 Å². The molecule has 4 nitrogen and oxygen atoms in total. The lowest BCUT2D eigenvalue weighted by atomic mass is 10.1. The molecule has 2 aromatic carbocycles. The summed E-state index contributed by atoms with van der Waals surface area (Å²) in [5, 5.41) is 9.38. The first-order chi connectivity index (χ1) is 10.5. The summed E-state index contributed by atoms with van der Waals surface area (Å²) < 4.78 is 39.6. The van der Waals surface area contributed by atoms with Gasteiger partial charge in [-0.2, -0.15) is 0 Å². The summed E-state index contributed by atoms with van der Waals surface area (Å²) in [6.07, 6.45) is 0.403. The van der Waals surface area contributed by atoms with Gasteiger partial charge in [-0.25, -0.2) is 17.5 Å². The highest BCUT2D eigenvalue weighted by Crippen LogP contribution is 2.09. The molecule has 0 bridgehead atoms. The first kappa shape index (κ1) is 16.6. The van der Waals surface area contributed by atoms with E-state index in [2.05, 4.69) is 4.72 Å². The highest BCUT2D eigenvalue weighted by molar-refractivity contribution is 7.88. The number of aliphatic hydroxyl groups is 1. The molecule has 2 aromatic rings. The SMILES string of the molecule is O=S(=O)(Cc1ccc(F)cc1)NC(CO)Cc1ccccc1. The van der Waals surface area contributed by atoms with E-state index in [1.54, 1.807) is 0 Å². The quantitative estimate of drug-likeness (QED) is 0.817. The number of halogens is 1. The smallest absolute Gasteiger partial charge is 0.216 e. The second-order valence-electron chi connectivity index (χ2n) is 5.07. The molecule has 0 saturated carbocycles. The van der Waals surface area contributed by atoms with Crippen LogP contribution in [-0.2, 0) is 22.2 Å². The largest absolute Gasteiger partial charge is 0.395 e. The maximum Gasteiger partial charge on any atom is 0.216 e. The molecule has 2 N–H and O–H groups in total. The van der Waals surface area contributed by atoms with Crippen molar-refractivity contribution < 1.29 is 17.9 Å². The van der Waals surface area contributed by atoms with Crippen LogP contribution < -0.4 is 4.72 Å². The Hall–Kier alpha value is -1.76. The van der Waals surface area contributed by atoms with Gasteiger partial charge in [0, 0.05) is 6.04 Å². The van der Waals surface area contributed by atoms with E-state index in [9.17, 15) is 17.9 Å². The molecule has 6 heteroatoms.